The first-order chi connectivity index (χ1) is 9.99. The molecule has 0 amide bonds. The van der Waals surface area contributed by atoms with Crippen molar-refractivity contribution in [1.82, 2.24) is 0 Å². The molecule has 0 heterocycles. The fourth-order valence-corrected chi connectivity index (χ4v) is 3.13. The summed E-state index contributed by atoms with van der Waals surface area (Å²) in [6.07, 6.45) is 0.668. The first kappa shape index (κ1) is 18.4. The van der Waals surface area contributed by atoms with Crippen molar-refractivity contribution in [2.75, 3.05) is 0 Å². The summed E-state index contributed by atoms with van der Waals surface area (Å²) in [5, 5.41) is 0. The maximum absolute atomic E-state index is 13.8. The van der Waals surface area contributed by atoms with Gasteiger partial charge in [0, 0.05) is 0 Å². The molecule has 124 valence electrons. The van der Waals surface area contributed by atoms with Gasteiger partial charge in [0.1, 0.15) is 12.3 Å². The summed E-state index contributed by atoms with van der Waals surface area (Å²) in [6, 6.07) is 0. The van der Waals surface area contributed by atoms with Gasteiger partial charge in [0.05, 0.1) is 5.92 Å². The van der Waals surface area contributed by atoms with Crippen molar-refractivity contribution in [3.8, 4) is 0 Å². The Morgan fingerprint density at radius 2 is 1.48 bits per heavy atom. The molecule has 0 bridgehead atoms. The van der Waals surface area contributed by atoms with E-state index in [-0.39, 0.29) is 17.8 Å². The number of hydrogen-bond acceptors (Lipinski definition) is 2. The summed E-state index contributed by atoms with van der Waals surface area (Å²) in [7, 11) is 0. The molecule has 2 saturated carbocycles. The van der Waals surface area contributed by atoms with E-state index in [2.05, 4.69) is 6.92 Å². The molecule has 0 saturated heterocycles. The van der Waals surface area contributed by atoms with Crippen molar-refractivity contribution in [1.29, 1.82) is 0 Å². The van der Waals surface area contributed by atoms with E-state index in [0.717, 1.165) is 25.7 Å². The van der Waals surface area contributed by atoms with Crippen LogP contribution in [0.2, 0.25) is 0 Å². The molecular formula is C17H30F2O2. The summed E-state index contributed by atoms with van der Waals surface area (Å²) in [6.45, 7) is 7.88. The van der Waals surface area contributed by atoms with Crippen LogP contribution in [0.4, 0.5) is 8.78 Å². The van der Waals surface area contributed by atoms with Gasteiger partial charge in [-0.05, 0) is 50.4 Å². The van der Waals surface area contributed by atoms with E-state index in [0.29, 0.717) is 18.8 Å². The van der Waals surface area contributed by atoms with E-state index in [1.54, 1.807) is 6.92 Å². The van der Waals surface area contributed by atoms with Crippen molar-refractivity contribution < 1.29 is 18.3 Å². The minimum absolute atomic E-state index is 0.110. The molecular weight excluding hydrogens is 274 g/mol. The highest BCUT2D eigenvalue weighted by Crippen LogP contribution is 2.34. The van der Waals surface area contributed by atoms with Gasteiger partial charge in [-0.15, -0.1) is 0 Å². The zero-order valence-electron chi connectivity index (χ0n) is 13.8. The second kappa shape index (κ2) is 8.70. The number of carbonyl (C=O) groups is 1. The maximum Gasteiger partial charge on any atom is 0.309 e. The number of rotatable bonds is 2. The maximum atomic E-state index is 13.8. The predicted molar refractivity (Wildman–Crippen MR) is 80.5 cm³/mol. The van der Waals surface area contributed by atoms with Gasteiger partial charge < -0.3 is 4.74 Å². The molecule has 0 aromatic heterocycles. The monoisotopic (exact) mass is 304 g/mol. The number of halogens is 2. The largest absolute Gasteiger partial charge is 0.459 e. The highest BCUT2D eigenvalue weighted by Gasteiger charge is 2.41. The molecule has 0 aliphatic heterocycles. The van der Waals surface area contributed by atoms with Gasteiger partial charge in [0.2, 0.25) is 0 Å². The van der Waals surface area contributed by atoms with Gasteiger partial charge in [-0.1, -0.05) is 27.7 Å². The van der Waals surface area contributed by atoms with E-state index in [4.69, 9.17) is 4.74 Å². The smallest absolute Gasteiger partial charge is 0.309 e. The average molecular weight is 304 g/mol. The Morgan fingerprint density at radius 1 is 0.905 bits per heavy atom. The van der Waals surface area contributed by atoms with Crippen molar-refractivity contribution in [3.63, 3.8) is 0 Å². The molecule has 0 radical (unpaired) electrons. The van der Waals surface area contributed by atoms with Crippen LogP contribution >= 0.6 is 0 Å². The van der Waals surface area contributed by atoms with E-state index >= 15 is 0 Å². The summed E-state index contributed by atoms with van der Waals surface area (Å²) < 4.78 is 32.7. The van der Waals surface area contributed by atoms with Crippen molar-refractivity contribution >= 4 is 5.97 Å². The van der Waals surface area contributed by atoms with Crippen LogP contribution in [-0.4, -0.2) is 24.4 Å². The van der Waals surface area contributed by atoms with E-state index < -0.39 is 18.4 Å². The van der Waals surface area contributed by atoms with E-state index in [9.17, 15) is 13.6 Å². The van der Waals surface area contributed by atoms with Gasteiger partial charge in [0.25, 0.3) is 0 Å². The SMILES string of the molecule is CC.CC1CCC(C(=O)OC2CCC(C)C(F)C2F)CC1. The third-order valence-electron chi connectivity index (χ3n) is 4.73. The number of ether oxygens (including phenoxy) is 1. The fraction of sp³-hybridized carbons (Fsp3) is 0.941. The standard InChI is InChI=1S/C15H24F2O2.C2H6/c1-9-3-6-11(7-4-9)15(18)19-12-8-5-10(2)13(16)14(12)17;1-2/h9-14H,3-8H2,1-2H3;1-2H3. The third-order valence-corrected chi connectivity index (χ3v) is 4.73. The second-order valence-corrected chi connectivity index (χ2v) is 6.38. The van der Waals surface area contributed by atoms with Gasteiger partial charge in [-0.3, -0.25) is 4.79 Å². The summed E-state index contributed by atoms with van der Waals surface area (Å²) in [4.78, 5) is 12.0. The van der Waals surface area contributed by atoms with E-state index in [1.807, 2.05) is 13.8 Å². The molecule has 0 N–H and O–H groups in total. The fourth-order valence-electron chi connectivity index (χ4n) is 3.13. The molecule has 4 heteroatoms. The molecule has 2 nitrogen and oxygen atoms in total. The Bertz CT molecular complexity index is 314. The van der Waals surface area contributed by atoms with Crippen LogP contribution in [0.15, 0.2) is 0 Å². The zero-order chi connectivity index (χ0) is 16.0. The number of carbonyl (C=O) groups excluding carboxylic acids is 1. The van der Waals surface area contributed by atoms with Gasteiger partial charge in [-0.25, -0.2) is 8.78 Å². The Kier molecular flexibility index (Phi) is 7.61. The molecule has 4 unspecified atom stereocenters. The predicted octanol–water partition coefficient (Wildman–Crippen LogP) is 4.86. The van der Waals surface area contributed by atoms with Gasteiger partial charge >= 0.3 is 5.97 Å². The first-order valence-electron chi connectivity index (χ1n) is 8.47. The Morgan fingerprint density at radius 3 is 2.05 bits per heavy atom. The number of alkyl halides is 2. The van der Waals surface area contributed by atoms with Crippen LogP contribution in [0.5, 0.6) is 0 Å². The molecule has 2 aliphatic carbocycles. The van der Waals surface area contributed by atoms with Crippen molar-refractivity contribution in [2.24, 2.45) is 17.8 Å². The molecule has 2 aliphatic rings. The molecule has 2 fully saturated rings. The topological polar surface area (TPSA) is 26.3 Å². The minimum Gasteiger partial charge on any atom is -0.459 e. The lowest BCUT2D eigenvalue weighted by Crippen LogP contribution is -2.43. The number of hydrogen-bond donors (Lipinski definition) is 0. The Hall–Kier alpha value is -0.670. The molecule has 0 aromatic carbocycles. The van der Waals surface area contributed by atoms with Crippen LogP contribution in [-0.2, 0) is 9.53 Å². The average Bonchev–Trinajstić information content (AvgIpc) is 2.50. The Balaban J connectivity index is 0.00000106. The normalized spacial score (nSPS) is 39.9. The molecule has 0 aromatic rings. The minimum atomic E-state index is -1.66. The quantitative estimate of drug-likeness (QED) is 0.681. The van der Waals surface area contributed by atoms with Crippen LogP contribution in [0, 0.1) is 17.8 Å². The van der Waals surface area contributed by atoms with E-state index in [1.165, 1.54) is 0 Å². The van der Waals surface area contributed by atoms with Crippen LogP contribution in [0.3, 0.4) is 0 Å². The number of esters is 1. The summed E-state index contributed by atoms with van der Waals surface area (Å²) in [5.74, 6) is -0.0497. The van der Waals surface area contributed by atoms with Gasteiger partial charge in [0.15, 0.2) is 6.17 Å². The first-order valence-corrected chi connectivity index (χ1v) is 8.47. The van der Waals surface area contributed by atoms with Crippen LogP contribution < -0.4 is 0 Å². The highest BCUT2D eigenvalue weighted by molar-refractivity contribution is 5.72. The molecule has 21 heavy (non-hydrogen) atoms. The Labute approximate surface area is 127 Å². The summed E-state index contributed by atoms with van der Waals surface area (Å²) >= 11 is 0. The second-order valence-electron chi connectivity index (χ2n) is 6.38. The lowest BCUT2D eigenvalue weighted by molar-refractivity contribution is -0.164. The van der Waals surface area contributed by atoms with Crippen molar-refractivity contribution in [3.05, 3.63) is 0 Å². The third kappa shape index (κ3) is 4.93. The summed E-state index contributed by atoms with van der Waals surface area (Å²) in [5.41, 5.74) is 0. The van der Waals surface area contributed by atoms with Crippen molar-refractivity contribution in [2.45, 2.75) is 84.7 Å². The van der Waals surface area contributed by atoms with Crippen LogP contribution in [0.1, 0.15) is 66.2 Å². The lowest BCUT2D eigenvalue weighted by Gasteiger charge is -2.34. The van der Waals surface area contributed by atoms with Gasteiger partial charge in [-0.2, -0.15) is 0 Å². The molecule has 0 spiro atoms. The highest BCUT2D eigenvalue weighted by atomic mass is 19.2. The molecule has 2 rings (SSSR count). The molecule has 4 atom stereocenters. The lowest BCUT2D eigenvalue weighted by atomic mass is 9.82. The van der Waals surface area contributed by atoms with Crippen LogP contribution in [0.25, 0.3) is 0 Å². The zero-order valence-corrected chi connectivity index (χ0v) is 13.8.